The smallest absolute Gasteiger partial charge is 0.171 e. The average molecular weight is 267 g/mol. The van der Waals surface area contributed by atoms with Crippen molar-refractivity contribution in [2.45, 2.75) is 18.8 Å². The Balaban J connectivity index is 1.95. The molecule has 0 aromatic carbocycles. The Hall–Kier alpha value is -0.900. The van der Waals surface area contributed by atoms with Crippen LogP contribution in [0.3, 0.4) is 0 Å². The molecule has 0 radical (unpaired) electrons. The summed E-state index contributed by atoms with van der Waals surface area (Å²) in [5.41, 5.74) is 1.30. The minimum absolute atomic E-state index is 0.307. The lowest BCUT2D eigenvalue weighted by Crippen LogP contribution is -2.48. The molecule has 0 amide bonds. The standard InChI is InChI=1S/C11H11BrN2O/c12-8-3-10(7-1-2-7)11(13-4-8)14-5-9(15)6-14/h3-4,7H,1-2,5-6H2. The fourth-order valence-electron chi connectivity index (χ4n) is 1.94. The second-order valence-corrected chi connectivity index (χ2v) is 5.15. The lowest BCUT2D eigenvalue weighted by Gasteiger charge is -2.32. The Morgan fingerprint density at radius 2 is 2.13 bits per heavy atom. The molecule has 0 atom stereocenters. The zero-order valence-electron chi connectivity index (χ0n) is 8.24. The van der Waals surface area contributed by atoms with E-state index >= 15 is 0 Å². The Bertz CT molecular complexity index is 421. The molecule has 1 saturated heterocycles. The minimum atomic E-state index is 0.307. The maximum Gasteiger partial charge on any atom is 0.171 e. The van der Waals surface area contributed by atoms with Crippen molar-refractivity contribution in [1.29, 1.82) is 0 Å². The van der Waals surface area contributed by atoms with Gasteiger partial charge in [-0.1, -0.05) is 0 Å². The van der Waals surface area contributed by atoms with Crippen LogP contribution in [0.5, 0.6) is 0 Å². The van der Waals surface area contributed by atoms with Gasteiger partial charge in [-0.3, -0.25) is 4.79 Å². The first-order valence-corrected chi connectivity index (χ1v) is 5.95. The highest BCUT2D eigenvalue weighted by Crippen LogP contribution is 2.44. The molecule has 2 aliphatic rings. The van der Waals surface area contributed by atoms with E-state index in [0.717, 1.165) is 10.3 Å². The van der Waals surface area contributed by atoms with Gasteiger partial charge in [-0.2, -0.15) is 0 Å². The fourth-order valence-corrected chi connectivity index (χ4v) is 2.28. The molecule has 1 aromatic rings. The predicted molar refractivity (Wildman–Crippen MR) is 61.1 cm³/mol. The number of ketones is 1. The number of pyridine rings is 1. The highest BCUT2D eigenvalue weighted by molar-refractivity contribution is 9.10. The normalized spacial score (nSPS) is 20.3. The lowest BCUT2D eigenvalue weighted by atomic mass is 10.1. The van der Waals surface area contributed by atoms with Crippen LogP contribution in [-0.4, -0.2) is 23.9 Å². The molecule has 1 aliphatic heterocycles. The molecular weight excluding hydrogens is 256 g/mol. The number of nitrogens with zero attached hydrogens (tertiary/aromatic N) is 2. The number of halogens is 1. The molecule has 15 heavy (non-hydrogen) atoms. The summed E-state index contributed by atoms with van der Waals surface area (Å²) < 4.78 is 1.03. The van der Waals surface area contributed by atoms with E-state index in [4.69, 9.17) is 0 Å². The topological polar surface area (TPSA) is 33.2 Å². The van der Waals surface area contributed by atoms with Crippen LogP contribution in [-0.2, 0) is 4.79 Å². The van der Waals surface area contributed by atoms with Gasteiger partial charge in [0.1, 0.15) is 5.82 Å². The van der Waals surface area contributed by atoms with E-state index in [1.807, 2.05) is 6.20 Å². The second kappa shape index (κ2) is 3.30. The van der Waals surface area contributed by atoms with Gasteiger partial charge in [-0.15, -0.1) is 0 Å². The molecule has 0 bridgehead atoms. The van der Waals surface area contributed by atoms with Crippen LogP contribution in [0.2, 0.25) is 0 Å². The molecule has 1 saturated carbocycles. The summed E-state index contributed by atoms with van der Waals surface area (Å²) in [6.07, 6.45) is 4.32. The zero-order chi connectivity index (χ0) is 10.4. The lowest BCUT2D eigenvalue weighted by molar-refractivity contribution is -0.119. The van der Waals surface area contributed by atoms with Gasteiger partial charge in [0, 0.05) is 10.7 Å². The van der Waals surface area contributed by atoms with Gasteiger partial charge in [-0.05, 0) is 46.3 Å². The van der Waals surface area contributed by atoms with Crippen molar-refractivity contribution in [3.63, 3.8) is 0 Å². The third kappa shape index (κ3) is 1.67. The molecule has 3 nitrogen and oxygen atoms in total. The van der Waals surface area contributed by atoms with E-state index in [-0.39, 0.29) is 0 Å². The molecule has 0 N–H and O–H groups in total. The zero-order valence-corrected chi connectivity index (χ0v) is 9.83. The van der Waals surface area contributed by atoms with Crippen LogP contribution in [0.15, 0.2) is 16.7 Å². The van der Waals surface area contributed by atoms with E-state index in [1.165, 1.54) is 18.4 Å². The number of hydrogen-bond acceptors (Lipinski definition) is 3. The van der Waals surface area contributed by atoms with E-state index in [1.54, 1.807) is 0 Å². The van der Waals surface area contributed by atoms with Gasteiger partial charge in [0.05, 0.1) is 13.1 Å². The maximum absolute atomic E-state index is 11.0. The summed E-state index contributed by atoms with van der Waals surface area (Å²) in [7, 11) is 0. The van der Waals surface area contributed by atoms with Crippen molar-refractivity contribution in [3.8, 4) is 0 Å². The fraction of sp³-hybridized carbons (Fsp3) is 0.455. The largest absolute Gasteiger partial charge is 0.342 e. The Labute approximate surface area is 96.6 Å². The van der Waals surface area contributed by atoms with Crippen molar-refractivity contribution < 1.29 is 4.79 Å². The van der Waals surface area contributed by atoms with E-state index < -0.39 is 0 Å². The van der Waals surface area contributed by atoms with Gasteiger partial charge < -0.3 is 4.90 Å². The third-order valence-corrected chi connectivity index (χ3v) is 3.35. The molecule has 4 heteroatoms. The van der Waals surface area contributed by atoms with Crippen LogP contribution in [0.1, 0.15) is 24.3 Å². The molecule has 1 aromatic heterocycles. The van der Waals surface area contributed by atoms with Gasteiger partial charge in [0.2, 0.25) is 0 Å². The monoisotopic (exact) mass is 266 g/mol. The number of carbonyl (C=O) groups is 1. The first-order chi connectivity index (χ1) is 7.24. The van der Waals surface area contributed by atoms with Crippen LogP contribution in [0, 0.1) is 0 Å². The van der Waals surface area contributed by atoms with Crippen molar-refractivity contribution in [3.05, 3.63) is 22.3 Å². The Morgan fingerprint density at radius 1 is 1.40 bits per heavy atom. The average Bonchev–Trinajstić information content (AvgIpc) is 2.96. The van der Waals surface area contributed by atoms with Gasteiger partial charge in [0.15, 0.2) is 5.78 Å². The number of Topliss-reactive ketones (excluding diaryl/α,β-unsaturated/α-hetero) is 1. The minimum Gasteiger partial charge on any atom is -0.342 e. The number of carbonyl (C=O) groups excluding carboxylic acids is 1. The van der Waals surface area contributed by atoms with Crippen molar-refractivity contribution >= 4 is 27.5 Å². The second-order valence-electron chi connectivity index (χ2n) is 4.24. The number of hydrogen-bond donors (Lipinski definition) is 0. The summed E-state index contributed by atoms with van der Waals surface area (Å²) in [5.74, 6) is 1.99. The molecule has 78 valence electrons. The van der Waals surface area contributed by atoms with Gasteiger partial charge >= 0.3 is 0 Å². The Kier molecular flexibility index (Phi) is 2.06. The van der Waals surface area contributed by atoms with Crippen molar-refractivity contribution in [2.75, 3.05) is 18.0 Å². The summed E-state index contributed by atoms with van der Waals surface area (Å²) in [5, 5.41) is 0. The third-order valence-electron chi connectivity index (χ3n) is 2.91. The predicted octanol–water partition coefficient (Wildman–Crippen LogP) is 2.11. The van der Waals surface area contributed by atoms with Crippen LogP contribution >= 0.6 is 15.9 Å². The SMILES string of the molecule is O=C1CN(c2ncc(Br)cc2C2CC2)C1. The molecule has 2 heterocycles. The number of anilines is 1. The van der Waals surface area contributed by atoms with Gasteiger partial charge in [-0.25, -0.2) is 4.98 Å². The summed E-state index contributed by atoms with van der Waals surface area (Å²) >= 11 is 3.45. The first kappa shape index (κ1) is 9.33. The van der Waals surface area contributed by atoms with E-state index in [2.05, 4.69) is 31.9 Å². The van der Waals surface area contributed by atoms with Crippen molar-refractivity contribution in [2.24, 2.45) is 0 Å². The summed E-state index contributed by atoms with van der Waals surface area (Å²) in [4.78, 5) is 17.4. The van der Waals surface area contributed by atoms with E-state index in [9.17, 15) is 4.79 Å². The molecule has 0 spiro atoms. The molecular formula is C11H11BrN2O. The van der Waals surface area contributed by atoms with E-state index in [0.29, 0.717) is 24.8 Å². The number of aromatic nitrogens is 1. The summed E-state index contributed by atoms with van der Waals surface area (Å²) in [6.45, 7) is 1.07. The first-order valence-electron chi connectivity index (χ1n) is 5.16. The van der Waals surface area contributed by atoms with Gasteiger partial charge in [0.25, 0.3) is 0 Å². The molecule has 0 unspecified atom stereocenters. The quantitative estimate of drug-likeness (QED) is 0.822. The van der Waals surface area contributed by atoms with Crippen LogP contribution < -0.4 is 4.90 Å². The molecule has 1 aliphatic carbocycles. The van der Waals surface area contributed by atoms with Crippen LogP contribution in [0.4, 0.5) is 5.82 Å². The molecule has 2 fully saturated rings. The van der Waals surface area contributed by atoms with Crippen molar-refractivity contribution in [1.82, 2.24) is 4.98 Å². The molecule has 3 rings (SSSR count). The highest BCUT2D eigenvalue weighted by Gasteiger charge is 2.32. The maximum atomic E-state index is 11.0. The van der Waals surface area contributed by atoms with Crippen LogP contribution in [0.25, 0.3) is 0 Å². The Morgan fingerprint density at radius 3 is 2.73 bits per heavy atom. The summed E-state index contributed by atoms with van der Waals surface area (Å²) in [6, 6.07) is 2.14. The highest BCUT2D eigenvalue weighted by atomic mass is 79.9. The number of rotatable bonds is 2.